The van der Waals surface area contributed by atoms with Gasteiger partial charge in [-0.15, -0.1) is 0 Å². The molecule has 0 aliphatic carbocycles. The maximum atomic E-state index is 6.24. The van der Waals surface area contributed by atoms with Crippen LogP contribution in [0, 0.1) is 18.8 Å². The molecule has 4 rings (SSSR count). The van der Waals surface area contributed by atoms with Gasteiger partial charge in [-0.3, -0.25) is 0 Å². The summed E-state index contributed by atoms with van der Waals surface area (Å²) in [7, 11) is 6.37. The van der Waals surface area contributed by atoms with Crippen LogP contribution in [0.15, 0.2) is 65.6 Å². The van der Waals surface area contributed by atoms with Gasteiger partial charge in [-0.2, -0.15) is 0 Å². The molecule has 5 nitrogen and oxygen atoms in total. The summed E-state index contributed by atoms with van der Waals surface area (Å²) in [6.45, 7) is 6.30. The molecule has 0 fully saturated rings. The minimum absolute atomic E-state index is 0.522. The lowest BCUT2D eigenvalue weighted by atomic mass is 10.00. The van der Waals surface area contributed by atoms with Crippen molar-refractivity contribution in [3.05, 3.63) is 89.2 Å². The second kappa shape index (κ2) is 9.68. The molecule has 4 aromatic rings. The van der Waals surface area contributed by atoms with Gasteiger partial charge < -0.3 is 23.4 Å². The van der Waals surface area contributed by atoms with Crippen molar-refractivity contribution in [2.45, 2.75) is 6.92 Å². The zero-order valence-corrected chi connectivity index (χ0v) is 19.9. The van der Waals surface area contributed by atoms with E-state index in [1.807, 2.05) is 61.5 Å². The van der Waals surface area contributed by atoms with Crippen LogP contribution in [0.3, 0.4) is 0 Å². The molecule has 0 unspecified atom stereocenters. The van der Waals surface area contributed by atoms with Gasteiger partial charge in [0.2, 0.25) is 5.75 Å². The number of fused-ring (bicyclic) bond motifs is 1. The van der Waals surface area contributed by atoms with Crippen LogP contribution in [0.1, 0.15) is 28.0 Å². The predicted molar refractivity (Wildman–Crippen MR) is 134 cm³/mol. The first-order valence-corrected chi connectivity index (χ1v) is 10.7. The van der Waals surface area contributed by atoms with Crippen LogP contribution in [0.2, 0.25) is 0 Å². The maximum Gasteiger partial charge on any atom is 0.203 e. The molecule has 0 bridgehead atoms. The maximum absolute atomic E-state index is 6.24. The minimum atomic E-state index is 0.522. The number of hydrogen-bond acceptors (Lipinski definition) is 5. The van der Waals surface area contributed by atoms with Gasteiger partial charge in [0.25, 0.3) is 0 Å². The van der Waals surface area contributed by atoms with E-state index in [-0.39, 0.29) is 0 Å². The number of furan rings is 1. The van der Waals surface area contributed by atoms with Crippen molar-refractivity contribution in [1.82, 2.24) is 0 Å². The summed E-state index contributed by atoms with van der Waals surface area (Å²) >= 11 is 0. The van der Waals surface area contributed by atoms with Crippen LogP contribution in [-0.4, -0.2) is 28.4 Å². The smallest absolute Gasteiger partial charge is 0.203 e. The SMILES string of the molecule is C=C(c1cc(OC)c(OC)c(OC)c1)c1oc2cc(OC)c(C#Cc3ccccc3)cc2c1C. The summed E-state index contributed by atoms with van der Waals surface area (Å²) in [6, 6.07) is 17.4. The average molecular weight is 455 g/mol. The average Bonchev–Trinajstić information content (AvgIpc) is 3.20. The zero-order chi connectivity index (χ0) is 24.2. The van der Waals surface area contributed by atoms with E-state index < -0.39 is 0 Å². The lowest BCUT2D eigenvalue weighted by Crippen LogP contribution is -1.97. The van der Waals surface area contributed by atoms with Gasteiger partial charge in [0.05, 0.1) is 34.0 Å². The molecule has 0 radical (unpaired) electrons. The zero-order valence-electron chi connectivity index (χ0n) is 19.9. The van der Waals surface area contributed by atoms with Crippen LogP contribution in [-0.2, 0) is 0 Å². The molecular weight excluding hydrogens is 428 g/mol. The molecule has 0 atom stereocenters. The van der Waals surface area contributed by atoms with Crippen LogP contribution in [0.4, 0.5) is 0 Å². The Hall–Kier alpha value is -4.30. The van der Waals surface area contributed by atoms with Crippen molar-refractivity contribution >= 4 is 16.5 Å². The normalized spacial score (nSPS) is 10.4. The van der Waals surface area contributed by atoms with Crippen molar-refractivity contribution < 1.29 is 23.4 Å². The van der Waals surface area contributed by atoms with Gasteiger partial charge in [-0.05, 0) is 42.8 Å². The van der Waals surface area contributed by atoms with E-state index in [9.17, 15) is 0 Å². The van der Waals surface area contributed by atoms with E-state index in [0.717, 1.165) is 27.6 Å². The number of ether oxygens (including phenoxy) is 4. The van der Waals surface area contributed by atoms with Crippen molar-refractivity contribution in [2.75, 3.05) is 28.4 Å². The molecule has 1 heterocycles. The predicted octanol–water partition coefficient (Wildman–Crippen LogP) is 6.24. The summed E-state index contributed by atoms with van der Waals surface area (Å²) in [6.07, 6.45) is 0. The molecule has 0 aliphatic heterocycles. The van der Waals surface area contributed by atoms with Crippen LogP contribution >= 0.6 is 0 Å². The highest BCUT2D eigenvalue weighted by Crippen LogP contribution is 2.42. The highest BCUT2D eigenvalue weighted by molar-refractivity contribution is 5.91. The monoisotopic (exact) mass is 454 g/mol. The fourth-order valence-electron chi connectivity index (χ4n) is 3.85. The van der Waals surface area contributed by atoms with Crippen molar-refractivity contribution in [3.63, 3.8) is 0 Å². The Morgan fingerprint density at radius 1 is 0.794 bits per heavy atom. The molecule has 0 amide bonds. The Kier molecular flexibility index (Phi) is 6.51. The second-order valence-electron chi connectivity index (χ2n) is 7.61. The summed E-state index contributed by atoms with van der Waals surface area (Å²) < 4.78 is 28.3. The molecule has 3 aromatic carbocycles. The third kappa shape index (κ3) is 4.18. The molecule has 0 saturated carbocycles. The first kappa shape index (κ1) is 22.9. The number of rotatable bonds is 6. The summed E-state index contributed by atoms with van der Waals surface area (Å²) in [5.74, 6) is 9.35. The highest BCUT2D eigenvalue weighted by Gasteiger charge is 2.20. The van der Waals surface area contributed by atoms with Gasteiger partial charge in [0.1, 0.15) is 17.1 Å². The van der Waals surface area contributed by atoms with E-state index in [1.165, 1.54) is 0 Å². The summed E-state index contributed by atoms with van der Waals surface area (Å²) in [5, 5.41) is 0.946. The van der Waals surface area contributed by atoms with E-state index in [1.54, 1.807) is 28.4 Å². The first-order chi connectivity index (χ1) is 16.5. The van der Waals surface area contributed by atoms with E-state index >= 15 is 0 Å². The molecule has 172 valence electrons. The van der Waals surface area contributed by atoms with Crippen LogP contribution in [0.5, 0.6) is 23.0 Å². The van der Waals surface area contributed by atoms with E-state index in [4.69, 9.17) is 23.4 Å². The molecule has 34 heavy (non-hydrogen) atoms. The summed E-state index contributed by atoms with van der Waals surface area (Å²) in [4.78, 5) is 0. The number of aryl methyl sites for hydroxylation is 1. The van der Waals surface area contributed by atoms with Gasteiger partial charge in [-0.25, -0.2) is 0 Å². The molecule has 1 aromatic heterocycles. The molecule has 5 heteroatoms. The largest absolute Gasteiger partial charge is 0.495 e. The highest BCUT2D eigenvalue weighted by atomic mass is 16.5. The van der Waals surface area contributed by atoms with Crippen molar-refractivity contribution in [1.29, 1.82) is 0 Å². The number of methoxy groups -OCH3 is 4. The van der Waals surface area contributed by atoms with E-state index in [2.05, 4.69) is 18.4 Å². The third-order valence-corrected chi connectivity index (χ3v) is 5.66. The first-order valence-electron chi connectivity index (χ1n) is 10.7. The number of benzene rings is 3. The third-order valence-electron chi connectivity index (χ3n) is 5.66. The van der Waals surface area contributed by atoms with Gasteiger partial charge >= 0.3 is 0 Å². The Morgan fingerprint density at radius 3 is 2.03 bits per heavy atom. The topological polar surface area (TPSA) is 50.1 Å². The fraction of sp³-hybridized carbons (Fsp3) is 0.172. The Balaban J connectivity index is 1.80. The molecule has 0 spiro atoms. The van der Waals surface area contributed by atoms with Gasteiger partial charge in [0, 0.05) is 28.2 Å². The van der Waals surface area contributed by atoms with Crippen LogP contribution < -0.4 is 18.9 Å². The van der Waals surface area contributed by atoms with Gasteiger partial charge in [-0.1, -0.05) is 36.6 Å². The molecule has 0 aliphatic rings. The Bertz CT molecular complexity index is 1390. The lowest BCUT2D eigenvalue weighted by Gasteiger charge is -2.14. The van der Waals surface area contributed by atoms with Crippen molar-refractivity contribution in [3.8, 4) is 34.8 Å². The Morgan fingerprint density at radius 2 is 1.44 bits per heavy atom. The van der Waals surface area contributed by atoms with Crippen molar-refractivity contribution in [2.24, 2.45) is 0 Å². The second-order valence-corrected chi connectivity index (χ2v) is 7.61. The van der Waals surface area contributed by atoms with Crippen LogP contribution in [0.25, 0.3) is 16.5 Å². The summed E-state index contributed by atoms with van der Waals surface area (Å²) in [5.41, 5.74) is 4.87. The quantitative estimate of drug-likeness (QED) is 0.323. The van der Waals surface area contributed by atoms with Gasteiger partial charge in [0.15, 0.2) is 11.5 Å². The standard InChI is InChI=1S/C29H26O5/c1-18(22-15-26(31-4)29(33-6)27(16-22)32-5)28-19(2)23-14-21(24(30-3)17-25(23)34-28)13-12-20-10-8-7-9-11-20/h7-11,14-17H,1H2,2-6H3. The lowest BCUT2D eigenvalue weighted by molar-refractivity contribution is 0.324. The minimum Gasteiger partial charge on any atom is -0.495 e. The Labute approximate surface area is 199 Å². The molecule has 0 N–H and O–H groups in total. The fourth-order valence-corrected chi connectivity index (χ4v) is 3.85. The van der Waals surface area contributed by atoms with E-state index in [0.29, 0.717) is 39.9 Å². The molecular formula is C29H26O5. The number of hydrogen-bond donors (Lipinski definition) is 0. The molecule has 0 saturated heterocycles.